The van der Waals surface area contributed by atoms with E-state index >= 15 is 0 Å². The molecule has 0 amide bonds. The first-order chi connectivity index (χ1) is 10.9. The van der Waals surface area contributed by atoms with E-state index in [4.69, 9.17) is 0 Å². The fourth-order valence-corrected chi connectivity index (χ4v) is 3.70. The molecule has 1 N–H and O–H groups in total. The highest BCUT2D eigenvalue weighted by Crippen LogP contribution is 2.18. The maximum Gasteiger partial charge on any atom is 0.241 e. The number of aromatic nitrogens is 2. The van der Waals surface area contributed by atoms with Crippen molar-refractivity contribution < 1.29 is 12.8 Å². The highest BCUT2D eigenvalue weighted by molar-refractivity contribution is 7.89. The topological polar surface area (TPSA) is 64.0 Å². The van der Waals surface area contributed by atoms with Crippen LogP contribution in [0.5, 0.6) is 0 Å². The van der Waals surface area contributed by atoms with Gasteiger partial charge in [-0.2, -0.15) is 0 Å². The predicted molar refractivity (Wildman–Crippen MR) is 85.9 cm³/mol. The largest absolute Gasteiger partial charge is 0.334 e. The highest BCUT2D eigenvalue weighted by Gasteiger charge is 2.17. The summed E-state index contributed by atoms with van der Waals surface area (Å²) in [5, 5.41) is 0. The average Bonchev–Trinajstić information content (AvgIpc) is 2.86. The fourth-order valence-electron chi connectivity index (χ4n) is 2.46. The zero-order valence-corrected chi connectivity index (χ0v) is 13.6. The highest BCUT2D eigenvalue weighted by atomic mass is 32.2. The second-order valence-corrected chi connectivity index (χ2v) is 7.15. The van der Waals surface area contributed by atoms with E-state index in [1.807, 2.05) is 29.8 Å². The first-order valence-electron chi connectivity index (χ1n) is 7.02. The molecule has 3 rings (SSSR count). The van der Waals surface area contributed by atoms with Crippen LogP contribution in [0.4, 0.5) is 4.39 Å². The van der Waals surface area contributed by atoms with E-state index in [0.29, 0.717) is 5.56 Å². The average molecular weight is 333 g/mol. The lowest BCUT2D eigenvalue weighted by molar-refractivity contribution is 0.579. The number of fused-ring (bicyclic) bond motifs is 1. The van der Waals surface area contributed by atoms with Gasteiger partial charge in [0, 0.05) is 13.6 Å². The molecule has 0 aliphatic heterocycles. The molecule has 0 bridgehead atoms. The summed E-state index contributed by atoms with van der Waals surface area (Å²) in [6, 6.07) is 9.21. The third-order valence-electron chi connectivity index (χ3n) is 3.68. The third-order valence-corrected chi connectivity index (χ3v) is 5.24. The summed E-state index contributed by atoms with van der Waals surface area (Å²) in [7, 11) is -1.80. The number of aryl methyl sites for hydroxylation is 2. The molecule has 0 aliphatic carbocycles. The summed E-state index contributed by atoms with van der Waals surface area (Å²) in [6.07, 6.45) is 1.71. The van der Waals surface area contributed by atoms with Gasteiger partial charge in [0.2, 0.25) is 10.0 Å². The SMILES string of the molecule is Cc1cc(F)ccc1S(=O)(=O)NCc1ccc2c(c1)ncn2C. The standard InChI is InChI=1S/C16H16FN3O2S/c1-11-7-13(17)4-6-16(11)23(21,22)19-9-12-3-5-15-14(8-12)18-10-20(15)2/h3-8,10,19H,9H2,1-2H3. The van der Waals surface area contributed by atoms with Crippen LogP contribution < -0.4 is 4.72 Å². The van der Waals surface area contributed by atoms with Gasteiger partial charge in [0.25, 0.3) is 0 Å². The van der Waals surface area contributed by atoms with Gasteiger partial charge in [0.1, 0.15) is 5.82 Å². The van der Waals surface area contributed by atoms with E-state index in [0.717, 1.165) is 22.7 Å². The smallest absolute Gasteiger partial charge is 0.241 e. The lowest BCUT2D eigenvalue weighted by atomic mass is 10.2. The molecule has 0 saturated carbocycles. The molecule has 0 unspecified atom stereocenters. The van der Waals surface area contributed by atoms with Gasteiger partial charge in [0.05, 0.1) is 22.3 Å². The van der Waals surface area contributed by atoms with Gasteiger partial charge in [0.15, 0.2) is 0 Å². The summed E-state index contributed by atoms with van der Waals surface area (Å²) in [4.78, 5) is 4.33. The predicted octanol–water partition coefficient (Wildman–Crippen LogP) is 2.50. The van der Waals surface area contributed by atoms with Crippen LogP contribution in [0.3, 0.4) is 0 Å². The summed E-state index contributed by atoms with van der Waals surface area (Å²) >= 11 is 0. The Balaban J connectivity index is 1.82. The van der Waals surface area contributed by atoms with Crippen LogP contribution in [0.15, 0.2) is 47.6 Å². The molecule has 1 aromatic heterocycles. The lowest BCUT2D eigenvalue weighted by Crippen LogP contribution is -2.24. The monoisotopic (exact) mass is 333 g/mol. The van der Waals surface area contributed by atoms with Crippen molar-refractivity contribution in [2.75, 3.05) is 0 Å². The molecular weight excluding hydrogens is 317 g/mol. The van der Waals surface area contributed by atoms with Crippen molar-refractivity contribution in [3.8, 4) is 0 Å². The van der Waals surface area contributed by atoms with Crippen molar-refractivity contribution in [1.29, 1.82) is 0 Å². The zero-order chi connectivity index (χ0) is 16.6. The molecule has 5 nitrogen and oxygen atoms in total. The normalized spacial score (nSPS) is 12.0. The van der Waals surface area contributed by atoms with Crippen LogP contribution in [-0.4, -0.2) is 18.0 Å². The maximum absolute atomic E-state index is 13.1. The number of imidazole rings is 1. The fraction of sp³-hybridized carbons (Fsp3) is 0.188. The van der Waals surface area contributed by atoms with Crippen LogP contribution >= 0.6 is 0 Å². The van der Waals surface area contributed by atoms with E-state index in [2.05, 4.69) is 9.71 Å². The minimum absolute atomic E-state index is 0.0813. The Kier molecular flexibility index (Phi) is 3.91. The molecule has 7 heteroatoms. The molecule has 3 aromatic rings. The molecule has 0 atom stereocenters. The Bertz CT molecular complexity index is 980. The summed E-state index contributed by atoms with van der Waals surface area (Å²) in [5.41, 5.74) is 2.96. The minimum atomic E-state index is -3.70. The van der Waals surface area contributed by atoms with Crippen LogP contribution in [0.25, 0.3) is 11.0 Å². The van der Waals surface area contributed by atoms with Crippen LogP contribution in [0.1, 0.15) is 11.1 Å². The number of nitrogens with one attached hydrogen (secondary N) is 1. The first-order valence-corrected chi connectivity index (χ1v) is 8.51. The molecular formula is C16H16FN3O2S. The van der Waals surface area contributed by atoms with Crippen LogP contribution in [0, 0.1) is 12.7 Å². The number of hydrogen-bond acceptors (Lipinski definition) is 3. The van der Waals surface area contributed by atoms with Gasteiger partial charge in [-0.25, -0.2) is 22.5 Å². The molecule has 1 heterocycles. The van der Waals surface area contributed by atoms with Gasteiger partial charge in [-0.15, -0.1) is 0 Å². The Morgan fingerprint density at radius 3 is 2.74 bits per heavy atom. The van der Waals surface area contributed by atoms with Crippen LogP contribution in [-0.2, 0) is 23.6 Å². The van der Waals surface area contributed by atoms with E-state index in [1.54, 1.807) is 13.3 Å². The molecule has 0 spiro atoms. The molecule has 0 fully saturated rings. The molecule has 2 aromatic carbocycles. The Morgan fingerprint density at radius 1 is 1.22 bits per heavy atom. The summed E-state index contributed by atoms with van der Waals surface area (Å²) in [6.45, 7) is 1.71. The van der Waals surface area contributed by atoms with E-state index in [1.165, 1.54) is 12.1 Å². The van der Waals surface area contributed by atoms with Crippen molar-refractivity contribution in [2.24, 2.45) is 7.05 Å². The molecule has 0 saturated heterocycles. The quantitative estimate of drug-likeness (QED) is 0.798. The first kappa shape index (κ1) is 15.6. The van der Waals surface area contributed by atoms with E-state index in [9.17, 15) is 12.8 Å². The summed E-state index contributed by atoms with van der Waals surface area (Å²) in [5.74, 6) is -0.456. The maximum atomic E-state index is 13.1. The number of benzene rings is 2. The van der Waals surface area contributed by atoms with Gasteiger partial charge in [-0.3, -0.25) is 0 Å². The second kappa shape index (κ2) is 5.75. The molecule has 120 valence electrons. The van der Waals surface area contributed by atoms with Gasteiger partial charge < -0.3 is 4.57 Å². The second-order valence-electron chi connectivity index (χ2n) is 5.41. The van der Waals surface area contributed by atoms with Gasteiger partial charge in [-0.1, -0.05) is 6.07 Å². The molecule has 23 heavy (non-hydrogen) atoms. The zero-order valence-electron chi connectivity index (χ0n) is 12.7. The van der Waals surface area contributed by atoms with Crippen molar-refractivity contribution in [1.82, 2.24) is 14.3 Å². The number of halogens is 1. The van der Waals surface area contributed by atoms with Crippen LogP contribution in [0.2, 0.25) is 0 Å². The van der Waals surface area contributed by atoms with Gasteiger partial charge >= 0.3 is 0 Å². The Hall–Kier alpha value is -2.25. The number of rotatable bonds is 4. The lowest BCUT2D eigenvalue weighted by Gasteiger charge is -2.09. The summed E-state index contributed by atoms with van der Waals surface area (Å²) < 4.78 is 42.2. The van der Waals surface area contributed by atoms with Gasteiger partial charge in [-0.05, 0) is 48.4 Å². The molecule has 0 aliphatic rings. The Morgan fingerprint density at radius 2 is 2.00 bits per heavy atom. The third kappa shape index (κ3) is 3.11. The molecule has 0 radical (unpaired) electrons. The van der Waals surface area contributed by atoms with Crippen molar-refractivity contribution >= 4 is 21.1 Å². The number of hydrogen-bond donors (Lipinski definition) is 1. The number of nitrogens with zero attached hydrogens (tertiary/aromatic N) is 2. The van der Waals surface area contributed by atoms with E-state index < -0.39 is 15.8 Å². The Labute approximate surface area is 133 Å². The minimum Gasteiger partial charge on any atom is -0.334 e. The van der Waals surface area contributed by atoms with Crippen molar-refractivity contribution in [3.63, 3.8) is 0 Å². The van der Waals surface area contributed by atoms with Crippen molar-refractivity contribution in [2.45, 2.75) is 18.4 Å². The van der Waals surface area contributed by atoms with E-state index in [-0.39, 0.29) is 11.4 Å². The number of sulfonamides is 1. The van der Waals surface area contributed by atoms with Crippen molar-refractivity contribution in [3.05, 3.63) is 59.7 Å².